The summed E-state index contributed by atoms with van der Waals surface area (Å²) >= 11 is 0. The van der Waals surface area contributed by atoms with E-state index in [0.29, 0.717) is 0 Å². The molecule has 0 spiro atoms. The van der Waals surface area contributed by atoms with E-state index in [1.165, 1.54) is 5.39 Å². The van der Waals surface area contributed by atoms with Crippen molar-refractivity contribution in [3.63, 3.8) is 0 Å². The molecule has 0 aromatic heterocycles. The van der Waals surface area contributed by atoms with Crippen LogP contribution in [0, 0.1) is 0 Å². The lowest BCUT2D eigenvalue weighted by Crippen LogP contribution is -2.19. The zero-order valence-electron chi connectivity index (χ0n) is 13.5. The van der Waals surface area contributed by atoms with E-state index in [9.17, 15) is 0 Å². The molecule has 1 aliphatic rings. The molecule has 3 aromatic rings. The molecule has 0 bridgehead atoms. The SMILES string of the molecule is CCN1/C(=C\C=Nc2ccccc2)Oc2c1ccc1ccccc21. The monoisotopic (exact) mass is 314 g/mol. The summed E-state index contributed by atoms with van der Waals surface area (Å²) in [7, 11) is 0. The highest BCUT2D eigenvalue weighted by molar-refractivity contribution is 5.96. The molecule has 3 nitrogen and oxygen atoms in total. The number of rotatable bonds is 3. The predicted octanol–water partition coefficient (Wildman–Crippen LogP) is 5.30. The van der Waals surface area contributed by atoms with Crippen LogP contribution in [-0.4, -0.2) is 12.8 Å². The van der Waals surface area contributed by atoms with Crippen molar-refractivity contribution >= 4 is 28.4 Å². The van der Waals surface area contributed by atoms with E-state index < -0.39 is 0 Å². The lowest BCUT2D eigenvalue weighted by atomic mass is 10.1. The highest BCUT2D eigenvalue weighted by atomic mass is 16.5. The standard InChI is InChI=1S/C21H18N2O/c1-2-23-19-13-12-16-8-6-7-11-18(16)21(19)24-20(23)14-15-22-17-9-4-3-5-10-17/h3-15H,2H2,1H3/b20-14+,22-15?. The van der Waals surface area contributed by atoms with Gasteiger partial charge in [-0.3, -0.25) is 4.99 Å². The summed E-state index contributed by atoms with van der Waals surface area (Å²) in [4.78, 5) is 6.62. The molecule has 118 valence electrons. The number of aliphatic imine (C=N–C) groups is 1. The Bertz CT molecular complexity index is 929. The summed E-state index contributed by atoms with van der Waals surface area (Å²) in [5, 5.41) is 2.32. The zero-order valence-corrected chi connectivity index (χ0v) is 13.5. The van der Waals surface area contributed by atoms with Gasteiger partial charge in [-0.05, 0) is 30.5 Å². The Morgan fingerprint density at radius 1 is 0.958 bits per heavy atom. The van der Waals surface area contributed by atoms with Gasteiger partial charge in [-0.1, -0.05) is 48.5 Å². The number of hydrogen-bond acceptors (Lipinski definition) is 3. The van der Waals surface area contributed by atoms with Crippen LogP contribution in [0.3, 0.4) is 0 Å². The van der Waals surface area contributed by atoms with Crippen LogP contribution in [0.2, 0.25) is 0 Å². The Labute approximate surface area is 141 Å². The largest absolute Gasteiger partial charge is 0.438 e. The number of ether oxygens (including phenoxy) is 1. The molecule has 4 rings (SSSR count). The van der Waals surface area contributed by atoms with E-state index in [1.54, 1.807) is 6.21 Å². The fourth-order valence-corrected chi connectivity index (χ4v) is 2.98. The maximum Gasteiger partial charge on any atom is 0.202 e. The minimum absolute atomic E-state index is 0.809. The normalized spacial score (nSPS) is 15.2. The van der Waals surface area contributed by atoms with Crippen molar-refractivity contribution in [3.8, 4) is 5.75 Å². The lowest BCUT2D eigenvalue weighted by molar-refractivity contribution is 0.445. The Hall–Kier alpha value is -3.07. The molecule has 1 aliphatic heterocycles. The van der Waals surface area contributed by atoms with E-state index in [2.05, 4.69) is 41.1 Å². The Kier molecular flexibility index (Phi) is 3.75. The predicted molar refractivity (Wildman–Crippen MR) is 100 cm³/mol. The van der Waals surface area contributed by atoms with Crippen LogP contribution < -0.4 is 9.64 Å². The molecule has 0 aliphatic carbocycles. The van der Waals surface area contributed by atoms with Gasteiger partial charge in [0.2, 0.25) is 5.88 Å². The highest BCUT2D eigenvalue weighted by Gasteiger charge is 2.26. The van der Waals surface area contributed by atoms with Gasteiger partial charge in [-0.2, -0.15) is 0 Å². The average Bonchev–Trinajstić information content (AvgIpc) is 3.00. The molecular weight excluding hydrogens is 296 g/mol. The number of benzene rings is 3. The minimum atomic E-state index is 0.809. The molecule has 24 heavy (non-hydrogen) atoms. The highest BCUT2D eigenvalue weighted by Crippen LogP contribution is 2.43. The van der Waals surface area contributed by atoms with Gasteiger partial charge >= 0.3 is 0 Å². The van der Waals surface area contributed by atoms with Gasteiger partial charge in [-0.25, -0.2) is 0 Å². The van der Waals surface area contributed by atoms with Crippen molar-refractivity contribution in [1.29, 1.82) is 0 Å². The van der Waals surface area contributed by atoms with Gasteiger partial charge < -0.3 is 9.64 Å². The first-order valence-electron chi connectivity index (χ1n) is 8.13. The lowest BCUT2D eigenvalue weighted by Gasteiger charge is -2.14. The second kappa shape index (κ2) is 6.20. The fraction of sp³-hybridized carbons (Fsp3) is 0.0952. The minimum Gasteiger partial charge on any atom is -0.438 e. The number of anilines is 1. The molecule has 1 heterocycles. The summed E-state index contributed by atoms with van der Waals surface area (Å²) in [5.41, 5.74) is 2.04. The molecule has 0 radical (unpaired) electrons. The number of nitrogens with zero attached hydrogens (tertiary/aromatic N) is 2. The van der Waals surface area contributed by atoms with Crippen molar-refractivity contribution in [3.05, 3.63) is 78.7 Å². The first-order valence-corrected chi connectivity index (χ1v) is 8.13. The molecule has 0 saturated carbocycles. The van der Waals surface area contributed by atoms with Gasteiger partial charge in [0.1, 0.15) is 0 Å². The molecular formula is C21H18N2O. The van der Waals surface area contributed by atoms with Crippen molar-refractivity contribution in [1.82, 2.24) is 0 Å². The summed E-state index contributed by atoms with van der Waals surface area (Å²) < 4.78 is 6.16. The van der Waals surface area contributed by atoms with Gasteiger partial charge in [0.15, 0.2) is 5.75 Å². The maximum absolute atomic E-state index is 6.16. The first kappa shape index (κ1) is 14.5. The molecule has 3 aromatic carbocycles. The Balaban J connectivity index is 1.69. The summed E-state index contributed by atoms with van der Waals surface area (Å²) in [6.45, 7) is 2.96. The summed E-state index contributed by atoms with van der Waals surface area (Å²) in [6.07, 6.45) is 3.71. The van der Waals surface area contributed by atoms with Crippen molar-refractivity contribution in [2.75, 3.05) is 11.4 Å². The second-order valence-corrected chi connectivity index (χ2v) is 5.60. The van der Waals surface area contributed by atoms with Gasteiger partial charge in [-0.15, -0.1) is 0 Å². The van der Waals surface area contributed by atoms with Crippen LogP contribution in [0.25, 0.3) is 10.8 Å². The number of para-hydroxylation sites is 1. The third-order valence-corrected chi connectivity index (χ3v) is 4.14. The van der Waals surface area contributed by atoms with E-state index in [4.69, 9.17) is 4.74 Å². The van der Waals surface area contributed by atoms with Crippen molar-refractivity contribution in [2.45, 2.75) is 6.92 Å². The van der Waals surface area contributed by atoms with E-state index in [0.717, 1.165) is 34.9 Å². The smallest absolute Gasteiger partial charge is 0.202 e. The number of hydrogen-bond donors (Lipinski definition) is 0. The third-order valence-electron chi connectivity index (χ3n) is 4.14. The number of fused-ring (bicyclic) bond motifs is 3. The molecule has 0 fully saturated rings. The molecule has 3 heteroatoms. The van der Waals surface area contributed by atoms with Gasteiger partial charge in [0.25, 0.3) is 0 Å². The van der Waals surface area contributed by atoms with E-state index in [1.807, 2.05) is 48.5 Å². The maximum atomic E-state index is 6.16. The summed E-state index contributed by atoms with van der Waals surface area (Å²) in [6, 6.07) is 22.4. The molecule has 0 saturated heterocycles. The van der Waals surface area contributed by atoms with Crippen LogP contribution >= 0.6 is 0 Å². The van der Waals surface area contributed by atoms with Crippen LogP contribution in [0.4, 0.5) is 11.4 Å². The molecule has 0 unspecified atom stereocenters. The van der Waals surface area contributed by atoms with Crippen molar-refractivity contribution in [2.24, 2.45) is 4.99 Å². The third kappa shape index (κ3) is 2.54. The molecule has 0 atom stereocenters. The second-order valence-electron chi connectivity index (χ2n) is 5.60. The van der Waals surface area contributed by atoms with Crippen LogP contribution in [0.1, 0.15) is 6.92 Å². The van der Waals surface area contributed by atoms with Crippen LogP contribution in [0.15, 0.2) is 83.7 Å². The quantitative estimate of drug-likeness (QED) is 0.613. The van der Waals surface area contributed by atoms with Gasteiger partial charge in [0, 0.05) is 24.2 Å². The molecule has 0 amide bonds. The fourth-order valence-electron chi connectivity index (χ4n) is 2.98. The van der Waals surface area contributed by atoms with Crippen LogP contribution in [-0.2, 0) is 0 Å². The van der Waals surface area contributed by atoms with E-state index >= 15 is 0 Å². The zero-order chi connectivity index (χ0) is 16.4. The topological polar surface area (TPSA) is 24.8 Å². The van der Waals surface area contributed by atoms with Gasteiger partial charge in [0.05, 0.1) is 11.4 Å². The summed E-state index contributed by atoms with van der Waals surface area (Å²) in [5.74, 6) is 1.73. The van der Waals surface area contributed by atoms with Crippen molar-refractivity contribution < 1.29 is 4.74 Å². The van der Waals surface area contributed by atoms with E-state index in [-0.39, 0.29) is 0 Å². The number of allylic oxidation sites excluding steroid dienone is 1. The first-order chi connectivity index (χ1) is 11.9. The Morgan fingerprint density at radius 3 is 2.58 bits per heavy atom. The Morgan fingerprint density at radius 2 is 1.75 bits per heavy atom. The van der Waals surface area contributed by atoms with Crippen LogP contribution in [0.5, 0.6) is 5.75 Å². The molecule has 0 N–H and O–H groups in total. The average molecular weight is 314 g/mol.